The van der Waals surface area contributed by atoms with Crippen LogP contribution >= 0.6 is 15.9 Å². The summed E-state index contributed by atoms with van der Waals surface area (Å²) < 4.78 is 0.964. The predicted octanol–water partition coefficient (Wildman–Crippen LogP) is 2.54. The predicted molar refractivity (Wildman–Crippen MR) is 96.6 cm³/mol. The highest BCUT2D eigenvalue weighted by atomic mass is 79.9. The molecule has 130 valence electrons. The van der Waals surface area contributed by atoms with Crippen molar-refractivity contribution in [2.24, 2.45) is 0 Å². The van der Waals surface area contributed by atoms with Gasteiger partial charge in [0.05, 0.1) is 18.8 Å². The van der Waals surface area contributed by atoms with E-state index in [4.69, 9.17) is 0 Å². The van der Waals surface area contributed by atoms with Gasteiger partial charge in [-0.05, 0) is 35.6 Å². The lowest BCUT2D eigenvalue weighted by molar-refractivity contribution is -0.114. The maximum Gasteiger partial charge on any atom is 0.221 e. The minimum Gasteiger partial charge on any atom is -0.394 e. The third kappa shape index (κ3) is 5.57. The van der Waals surface area contributed by atoms with E-state index in [2.05, 4.69) is 47.3 Å². The lowest BCUT2D eigenvalue weighted by Gasteiger charge is -2.28. The van der Waals surface area contributed by atoms with E-state index >= 15 is 0 Å². The van der Waals surface area contributed by atoms with Gasteiger partial charge >= 0.3 is 0 Å². The Morgan fingerprint density at radius 2 is 1.74 bits per heavy atom. The molecule has 4 N–H and O–H groups in total. The summed E-state index contributed by atoms with van der Waals surface area (Å²) >= 11 is 3.60. The van der Waals surface area contributed by atoms with Gasteiger partial charge in [0.15, 0.2) is 0 Å². The maximum atomic E-state index is 11.5. The number of halogens is 1. The van der Waals surface area contributed by atoms with Crippen molar-refractivity contribution in [1.82, 2.24) is 5.32 Å². The Hall–Kier alpha value is -0.950. The normalized spacial score (nSPS) is 12.3. The van der Waals surface area contributed by atoms with Crippen LogP contribution in [-0.4, -0.2) is 34.9 Å². The van der Waals surface area contributed by atoms with Gasteiger partial charge in [-0.25, -0.2) is 0 Å². The van der Waals surface area contributed by atoms with Crippen LogP contribution in [0, 0.1) is 0 Å². The zero-order valence-electron chi connectivity index (χ0n) is 14.5. The summed E-state index contributed by atoms with van der Waals surface area (Å²) in [7, 11) is 0. The molecule has 0 atom stereocenters. The van der Waals surface area contributed by atoms with E-state index in [9.17, 15) is 15.0 Å². The first-order valence-electron chi connectivity index (χ1n) is 7.59. The Morgan fingerprint density at radius 1 is 1.17 bits per heavy atom. The summed E-state index contributed by atoms with van der Waals surface area (Å²) in [4.78, 5) is 11.5. The number of nitrogens with one attached hydrogen (secondary N) is 2. The topological polar surface area (TPSA) is 81.6 Å². The number of aliphatic hydroxyl groups excluding tert-OH is 2. The fourth-order valence-electron chi connectivity index (χ4n) is 2.11. The van der Waals surface area contributed by atoms with Crippen LogP contribution in [0.5, 0.6) is 0 Å². The smallest absolute Gasteiger partial charge is 0.221 e. The van der Waals surface area contributed by atoms with Gasteiger partial charge in [0, 0.05) is 23.6 Å². The van der Waals surface area contributed by atoms with Gasteiger partial charge < -0.3 is 20.8 Å². The van der Waals surface area contributed by atoms with Crippen molar-refractivity contribution in [2.45, 2.75) is 52.1 Å². The minimum atomic E-state index is -0.775. The van der Waals surface area contributed by atoms with Crippen molar-refractivity contribution in [2.75, 3.05) is 18.5 Å². The molecule has 1 amide bonds. The standard InChI is InChI=1S/C17H27BrN2O3/c1-11(23)20-15-7-13(16(2,3)4)14(18)6-12(15)8-19-17(5,9-21)10-22/h6-7,19,21-22H,8-10H2,1-5H3,(H,20,23). The van der Waals surface area contributed by atoms with E-state index in [1.165, 1.54) is 6.92 Å². The van der Waals surface area contributed by atoms with Crippen molar-refractivity contribution in [3.8, 4) is 0 Å². The summed E-state index contributed by atoms with van der Waals surface area (Å²) in [5, 5.41) is 24.8. The van der Waals surface area contributed by atoms with Crippen molar-refractivity contribution < 1.29 is 15.0 Å². The molecule has 0 spiro atoms. The van der Waals surface area contributed by atoms with E-state index < -0.39 is 5.54 Å². The summed E-state index contributed by atoms with van der Waals surface area (Å²) in [5.41, 5.74) is 1.87. The van der Waals surface area contributed by atoms with E-state index in [0.29, 0.717) is 6.54 Å². The molecule has 1 rings (SSSR count). The van der Waals surface area contributed by atoms with Crippen LogP contribution in [0.25, 0.3) is 0 Å². The first kappa shape index (κ1) is 20.1. The molecular formula is C17H27BrN2O3. The fourth-order valence-corrected chi connectivity index (χ4v) is 3.10. The van der Waals surface area contributed by atoms with Crippen molar-refractivity contribution in [3.63, 3.8) is 0 Å². The molecule has 0 aromatic heterocycles. The molecule has 0 heterocycles. The number of carbonyl (C=O) groups excluding carboxylic acids is 1. The summed E-state index contributed by atoms with van der Waals surface area (Å²) in [6.07, 6.45) is 0. The van der Waals surface area contributed by atoms with E-state index in [0.717, 1.165) is 21.3 Å². The number of hydrogen-bond acceptors (Lipinski definition) is 4. The third-order valence-corrected chi connectivity index (χ3v) is 4.37. The van der Waals surface area contributed by atoms with Crippen molar-refractivity contribution in [1.29, 1.82) is 0 Å². The second-order valence-corrected chi connectivity index (χ2v) is 8.01. The molecule has 0 aliphatic carbocycles. The van der Waals surface area contributed by atoms with Crippen LogP contribution in [0.3, 0.4) is 0 Å². The van der Waals surface area contributed by atoms with Crippen molar-refractivity contribution in [3.05, 3.63) is 27.7 Å². The van der Waals surface area contributed by atoms with Gasteiger partial charge in [0.1, 0.15) is 0 Å². The molecule has 0 bridgehead atoms. The molecule has 6 heteroatoms. The Bertz CT molecular complexity index is 564. The van der Waals surface area contributed by atoms with Gasteiger partial charge in [-0.1, -0.05) is 36.7 Å². The first-order valence-corrected chi connectivity index (χ1v) is 8.39. The average Bonchev–Trinajstić information content (AvgIpc) is 2.45. The number of anilines is 1. The lowest BCUT2D eigenvalue weighted by Crippen LogP contribution is -2.48. The molecule has 0 fully saturated rings. The number of rotatable bonds is 6. The van der Waals surface area contributed by atoms with Gasteiger partial charge in [-0.15, -0.1) is 0 Å². The molecule has 5 nitrogen and oxygen atoms in total. The molecule has 0 unspecified atom stereocenters. The average molecular weight is 387 g/mol. The number of aliphatic hydroxyl groups is 2. The number of benzene rings is 1. The largest absolute Gasteiger partial charge is 0.394 e. The first-order chi connectivity index (χ1) is 10.5. The minimum absolute atomic E-state index is 0.0667. The summed E-state index contributed by atoms with van der Waals surface area (Å²) in [6.45, 7) is 9.59. The van der Waals surface area contributed by atoms with Gasteiger partial charge in [-0.2, -0.15) is 0 Å². The Kier molecular flexibility index (Phi) is 6.77. The van der Waals surface area contributed by atoms with Crippen LogP contribution < -0.4 is 10.6 Å². The number of amides is 1. The second kappa shape index (κ2) is 7.75. The van der Waals surface area contributed by atoms with Crippen LogP contribution in [0.15, 0.2) is 16.6 Å². The van der Waals surface area contributed by atoms with Crippen LogP contribution in [0.4, 0.5) is 5.69 Å². The molecule has 23 heavy (non-hydrogen) atoms. The van der Waals surface area contributed by atoms with Gasteiger partial charge in [0.25, 0.3) is 0 Å². The van der Waals surface area contributed by atoms with Gasteiger partial charge in [-0.3, -0.25) is 4.79 Å². The summed E-state index contributed by atoms with van der Waals surface area (Å²) in [6, 6.07) is 3.94. The monoisotopic (exact) mass is 386 g/mol. The zero-order valence-corrected chi connectivity index (χ0v) is 16.0. The van der Waals surface area contributed by atoms with Crippen LogP contribution in [0.2, 0.25) is 0 Å². The summed E-state index contributed by atoms with van der Waals surface area (Å²) in [5.74, 6) is -0.138. The van der Waals surface area contributed by atoms with E-state index in [-0.39, 0.29) is 24.5 Å². The van der Waals surface area contributed by atoms with Crippen molar-refractivity contribution >= 4 is 27.5 Å². The fraction of sp³-hybridized carbons (Fsp3) is 0.588. The highest BCUT2D eigenvalue weighted by Gasteiger charge is 2.23. The van der Waals surface area contributed by atoms with Gasteiger partial charge in [0.2, 0.25) is 5.91 Å². The number of hydrogen-bond donors (Lipinski definition) is 4. The lowest BCUT2D eigenvalue weighted by atomic mass is 9.86. The molecule has 0 saturated heterocycles. The van der Waals surface area contributed by atoms with E-state index in [1.54, 1.807) is 6.92 Å². The molecule has 1 aromatic rings. The maximum absolute atomic E-state index is 11.5. The van der Waals surface area contributed by atoms with Crippen LogP contribution in [-0.2, 0) is 16.8 Å². The Balaban J connectivity index is 3.20. The Labute approximate surface area is 146 Å². The second-order valence-electron chi connectivity index (χ2n) is 7.15. The quantitative estimate of drug-likeness (QED) is 0.605. The van der Waals surface area contributed by atoms with E-state index in [1.807, 2.05) is 12.1 Å². The molecule has 0 saturated carbocycles. The Morgan fingerprint density at radius 3 is 2.17 bits per heavy atom. The number of carbonyl (C=O) groups is 1. The highest BCUT2D eigenvalue weighted by molar-refractivity contribution is 9.10. The van der Waals surface area contributed by atoms with Crippen LogP contribution in [0.1, 0.15) is 45.7 Å². The molecule has 0 aliphatic rings. The SMILES string of the molecule is CC(=O)Nc1cc(C(C)(C)C)c(Br)cc1CNC(C)(CO)CO. The third-order valence-electron chi connectivity index (χ3n) is 3.72. The highest BCUT2D eigenvalue weighted by Crippen LogP contribution is 2.34. The molecule has 1 aromatic carbocycles. The zero-order chi connectivity index (χ0) is 17.8. The molecular weight excluding hydrogens is 360 g/mol. The molecule has 0 radical (unpaired) electrons. The molecule has 0 aliphatic heterocycles.